The molecule has 6 nitrogen and oxygen atoms in total. The topological polar surface area (TPSA) is 88.3 Å². The van der Waals surface area contributed by atoms with E-state index in [4.69, 9.17) is 16.3 Å². The number of hydrogen-bond acceptors (Lipinski definition) is 4. The van der Waals surface area contributed by atoms with E-state index in [1.54, 1.807) is 55.6 Å². The Kier molecular flexibility index (Phi) is 5.31. The molecular weight excluding hydrogens is 376 g/mol. The lowest BCUT2D eigenvalue weighted by Gasteiger charge is -2.09. The molecule has 8 heteroatoms. The summed E-state index contributed by atoms with van der Waals surface area (Å²) >= 11 is 6.01. The van der Waals surface area contributed by atoms with Gasteiger partial charge in [0.05, 0.1) is 18.4 Å². The minimum atomic E-state index is -3.64. The first-order chi connectivity index (χ1) is 12.4. The Hall–Kier alpha value is -2.35. The van der Waals surface area contributed by atoms with Crippen LogP contribution in [0.5, 0.6) is 5.75 Å². The average molecular weight is 393 g/mol. The maximum Gasteiger partial charge on any atom is 0.252 e. The highest BCUT2D eigenvalue weighted by atomic mass is 35.5. The van der Waals surface area contributed by atoms with Gasteiger partial charge in [0, 0.05) is 23.2 Å². The molecule has 0 spiro atoms. The molecule has 0 saturated heterocycles. The molecule has 2 aromatic carbocycles. The number of hydrogen-bond donors (Lipinski definition) is 2. The highest BCUT2D eigenvalue weighted by Gasteiger charge is 2.14. The van der Waals surface area contributed by atoms with Crippen LogP contribution in [0.2, 0.25) is 5.02 Å². The molecule has 1 aromatic heterocycles. The second kappa shape index (κ2) is 7.49. The summed E-state index contributed by atoms with van der Waals surface area (Å²) in [6.07, 6.45) is 0. The first-order valence-electron chi connectivity index (χ1n) is 7.79. The Morgan fingerprint density at radius 1 is 1.12 bits per heavy atom. The molecule has 0 atom stereocenters. The van der Waals surface area contributed by atoms with Crippen molar-refractivity contribution in [2.45, 2.75) is 12.3 Å². The molecule has 0 aliphatic carbocycles. The number of halogens is 1. The summed E-state index contributed by atoms with van der Waals surface area (Å²) in [6, 6.07) is 13.7. The summed E-state index contributed by atoms with van der Waals surface area (Å²) in [5.74, 6) is 0.372. The van der Waals surface area contributed by atoms with Crippen LogP contribution in [0.3, 0.4) is 0 Å². The number of aromatic nitrogens is 1. The van der Waals surface area contributed by atoms with Crippen LogP contribution < -0.4 is 15.0 Å². The molecule has 0 unspecified atom stereocenters. The monoisotopic (exact) mass is 392 g/mol. The van der Waals surface area contributed by atoms with Gasteiger partial charge < -0.3 is 9.72 Å². The lowest BCUT2D eigenvalue weighted by molar-refractivity contribution is 0.415. The Labute approximate surface area is 155 Å². The summed E-state index contributed by atoms with van der Waals surface area (Å²) in [5.41, 5.74) is 1.09. The van der Waals surface area contributed by atoms with Crippen molar-refractivity contribution in [3.63, 3.8) is 0 Å². The van der Waals surface area contributed by atoms with Crippen molar-refractivity contribution in [1.82, 2.24) is 9.71 Å². The van der Waals surface area contributed by atoms with E-state index in [9.17, 15) is 13.2 Å². The van der Waals surface area contributed by atoms with Crippen molar-refractivity contribution in [3.8, 4) is 5.75 Å². The summed E-state index contributed by atoms with van der Waals surface area (Å²) in [4.78, 5) is 14.9. The number of benzene rings is 2. The van der Waals surface area contributed by atoms with Crippen molar-refractivity contribution in [2.24, 2.45) is 0 Å². The number of nitrogens with one attached hydrogen (secondary N) is 2. The van der Waals surface area contributed by atoms with E-state index < -0.39 is 10.0 Å². The molecule has 0 radical (unpaired) electrons. The summed E-state index contributed by atoms with van der Waals surface area (Å²) in [5, 5.41) is 1.17. The van der Waals surface area contributed by atoms with Crippen LogP contribution in [0.15, 0.2) is 53.3 Å². The van der Waals surface area contributed by atoms with Crippen molar-refractivity contribution in [3.05, 3.63) is 75.0 Å². The molecule has 0 amide bonds. The zero-order chi connectivity index (χ0) is 18.7. The van der Waals surface area contributed by atoms with Crippen LogP contribution >= 0.6 is 11.6 Å². The molecule has 0 aliphatic rings. The molecule has 0 saturated carbocycles. The Morgan fingerprint density at radius 2 is 1.88 bits per heavy atom. The predicted octanol–water partition coefficient (Wildman–Crippen LogP) is 2.81. The minimum absolute atomic E-state index is 0.107. The minimum Gasteiger partial charge on any atom is -0.497 e. The SMILES string of the molecule is COc1ccc2cc(CNS(=O)(=O)Cc3ccccc3Cl)c(=O)[nH]c2c1. The fraction of sp³-hybridized carbons (Fsp3) is 0.167. The number of methoxy groups -OCH3 is 1. The molecule has 26 heavy (non-hydrogen) atoms. The molecule has 0 aliphatic heterocycles. The second-order valence-electron chi connectivity index (χ2n) is 5.75. The van der Waals surface area contributed by atoms with Crippen molar-refractivity contribution >= 4 is 32.5 Å². The molecule has 0 bridgehead atoms. The number of pyridine rings is 1. The Morgan fingerprint density at radius 3 is 2.62 bits per heavy atom. The summed E-state index contributed by atoms with van der Waals surface area (Å²) in [7, 11) is -2.10. The molecule has 1 heterocycles. The van der Waals surface area contributed by atoms with Gasteiger partial charge >= 0.3 is 0 Å². The van der Waals surface area contributed by atoms with Gasteiger partial charge in [-0.2, -0.15) is 0 Å². The van der Waals surface area contributed by atoms with Gasteiger partial charge in [-0.25, -0.2) is 13.1 Å². The number of rotatable bonds is 6. The van der Waals surface area contributed by atoms with E-state index in [2.05, 4.69) is 9.71 Å². The van der Waals surface area contributed by atoms with Gasteiger partial charge in [0.15, 0.2) is 0 Å². The fourth-order valence-electron chi connectivity index (χ4n) is 2.54. The van der Waals surface area contributed by atoms with E-state index >= 15 is 0 Å². The van der Waals surface area contributed by atoms with Gasteiger partial charge in [-0.05, 0) is 35.2 Å². The lowest BCUT2D eigenvalue weighted by atomic mass is 10.1. The Bertz CT molecular complexity index is 1110. The summed E-state index contributed by atoms with van der Waals surface area (Å²) in [6.45, 7) is -0.107. The van der Waals surface area contributed by atoms with Gasteiger partial charge in [0.2, 0.25) is 10.0 Å². The van der Waals surface area contributed by atoms with Gasteiger partial charge in [-0.3, -0.25) is 4.79 Å². The third kappa shape index (κ3) is 4.24. The lowest BCUT2D eigenvalue weighted by Crippen LogP contribution is -2.28. The van der Waals surface area contributed by atoms with Gasteiger partial charge in [-0.1, -0.05) is 29.8 Å². The smallest absolute Gasteiger partial charge is 0.252 e. The molecule has 136 valence electrons. The molecule has 2 N–H and O–H groups in total. The van der Waals surface area contributed by atoms with Crippen molar-refractivity contribution in [2.75, 3.05) is 7.11 Å². The third-order valence-electron chi connectivity index (χ3n) is 3.92. The van der Waals surface area contributed by atoms with Gasteiger partial charge in [0.25, 0.3) is 5.56 Å². The Balaban J connectivity index is 1.79. The quantitative estimate of drug-likeness (QED) is 0.675. The van der Waals surface area contributed by atoms with E-state index in [0.717, 1.165) is 5.39 Å². The van der Waals surface area contributed by atoms with Crippen LogP contribution in [0, 0.1) is 0 Å². The predicted molar refractivity (Wildman–Crippen MR) is 102 cm³/mol. The molecule has 3 aromatic rings. The first kappa shape index (κ1) is 18.4. The molecule has 3 rings (SSSR count). The van der Waals surface area contributed by atoms with Gasteiger partial charge in [0.1, 0.15) is 5.75 Å². The standard InChI is InChI=1S/C18H17ClN2O4S/c1-25-15-7-6-12-8-14(18(22)21-17(12)9-15)10-20-26(23,24)11-13-4-2-3-5-16(13)19/h2-9,20H,10-11H2,1H3,(H,21,22). The van der Waals surface area contributed by atoms with E-state index in [1.165, 1.54) is 0 Å². The third-order valence-corrected chi connectivity index (χ3v) is 5.56. The van der Waals surface area contributed by atoms with E-state index in [0.29, 0.717) is 27.4 Å². The van der Waals surface area contributed by atoms with E-state index in [-0.39, 0.29) is 17.9 Å². The van der Waals surface area contributed by atoms with Crippen LogP contribution in [-0.4, -0.2) is 20.5 Å². The normalized spacial score (nSPS) is 11.6. The number of fused-ring (bicyclic) bond motifs is 1. The number of sulfonamides is 1. The molecular formula is C18H17ClN2O4S. The summed E-state index contributed by atoms with van der Waals surface area (Å²) < 4.78 is 32.1. The number of H-pyrrole nitrogens is 1. The van der Waals surface area contributed by atoms with Gasteiger partial charge in [-0.15, -0.1) is 0 Å². The number of aromatic amines is 1. The van der Waals surface area contributed by atoms with Crippen LogP contribution in [0.4, 0.5) is 0 Å². The highest BCUT2D eigenvalue weighted by molar-refractivity contribution is 7.88. The maximum atomic E-state index is 12.3. The maximum absolute atomic E-state index is 12.3. The first-order valence-corrected chi connectivity index (χ1v) is 9.82. The number of ether oxygens (including phenoxy) is 1. The zero-order valence-electron chi connectivity index (χ0n) is 14.0. The average Bonchev–Trinajstić information content (AvgIpc) is 2.61. The van der Waals surface area contributed by atoms with Crippen molar-refractivity contribution in [1.29, 1.82) is 0 Å². The second-order valence-corrected chi connectivity index (χ2v) is 7.96. The zero-order valence-corrected chi connectivity index (χ0v) is 15.5. The van der Waals surface area contributed by atoms with Crippen LogP contribution in [0.25, 0.3) is 10.9 Å². The van der Waals surface area contributed by atoms with Crippen LogP contribution in [0.1, 0.15) is 11.1 Å². The fourth-order valence-corrected chi connectivity index (χ4v) is 3.96. The molecule has 0 fully saturated rings. The highest BCUT2D eigenvalue weighted by Crippen LogP contribution is 2.19. The largest absolute Gasteiger partial charge is 0.497 e. The van der Waals surface area contributed by atoms with Crippen molar-refractivity contribution < 1.29 is 13.2 Å². The van der Waals surface area contributed by atoms with E-state index in [1.807, 2.05) is 0 Å². The van der Waals surface area contributed by atoms with Crippen LogP contribution in [-0.2, 0) is 22.3 Å².